The zero-order valence-electron chi connectivity index (χ0n) is 16.4. The Hall–Kier alpha value is -4.26. The van der Waals surface area contributed by atoms with E-state index in [0.717, 1.165) is 21.0 Å². The van der Waals surface area contributed by atoms with Crippen LogP contribution >= 0.6 is 0 Å². The van der Waals surface area contributed by atoms with Gasteiger partial charge in [0.1, 0.15) is 6.54 Å². The second-order valence-corrected chi connectivity index (χ2v) is 6.99. The van der Waals surface area contributed by atoms with Crippen LogP contribution in [-0.4, -0.2) is 26.8 Å². The first-order chi connectivity index (χ1) is 15.0. The molecule has 1 amide bonds. The Kier molecular flexibility index (Phi) is 5.57. The average molecular weight is 413 g/mol. The van der Waals surface area contributed by atoms with Crippen molar-refractivity contribution < 1.29 is 14.7 Å². The summed E-state index contributed by atoms with van der Waals surface area (Å²) in [4.78, 5) is 36.5. The number of carbonyl (C=O) groups excluding carboxylic acids is 1. The van der Waals surface area contributed by atoms with Gasteiger partial charge in [0.2, 0.25) is 5.91 Å². The van der Waals surface area contributed by atoms with E-state index in [1.165, 1.54) is 6.07 Å². The standard InChI is InChI=1S/C24H19N3O4/c28-21(25-23(24(30)31)17-8-2-1-3-9-17)15-27-22(29)14-13-20(26-27)19-12-6-10-16-7-4-5-11-18(16)19/h1-14,23H,15H2,(H,25,28)(H,30,31)/t23-/m1/s1. The smallest absolute Gasteiger partial charge is 0.330 e. The van der Waals surface area contributed by atoms with Crippen molar-refractivity contribution in [2.45, 2.75) is 12.6 Å². The third-order valence-electron chi connectivity index (χ3n) is 4.91. The van der Waals surface area contributed by atoms with Gasteiger partial charge >= 0.3 is 5.97 Å². The molecule has 0 saturated carbocycles. The Bertz CT molecular complexity index is 1310. The zero-order chi connectivity index (χ0) is 21.8. The Morgan fingerprint density at radius 1 is 0.903 bits per heavy atom. The maximum atomic E-state index is 12.5. The number of hydrogen-bond acceptors (Lipinski definition) is 4. The number of aromatic nitrogens is 2. The van der Waals surface area contributed by atoms with Gasteiger partial charge in [-0.05, 0) is 22.4 Å². The lowest BCUT2D eigenvalue weighted by atomic mass is 10.0. The average Bonchev–Trinajstić information content (AvgIpc) is 2.79. The van der Waals surface area contributed by atoms with Crippen molar-refractivity contribution >= 4 is 22.6 Å². The minimum absolute atomic E-state index is 0.395. The largest absolute Gasteiger partial charge is 0.479 e. The molecule has 154 valence electrons. The summed E-state index contributed by atoms with van der Waals surface area (Å²) in [5.74, 6) is -1.81. The van der Waals surface area contributed by atoms with Gasteiger partial charge in [0.25, 0.3) is 5.56 Å². The topological polar surface area (TPSA) is 101 Å². The van der Waals surface area contributed by atoms with Crippen LogP contribution in [0.4, 0.5) is 0 Å². The number of carboxylic acids is 1. The van der Waals surface area contributed by atoms with E-state index in [1.54, 1.807) is 36.4 Å². The van der Waals surface area contributed by atoms with Gasteiger partial charge in [0.05, 0.1) is 5.69 Å². The van der Waals surface area contributed by atoms with Crippen molar-refractivity contribution in [2.24, 2.45) is 0 Å². The van der Waals surface area contributed by atoms with Crippen LogP contribution in [0.15, 0.2) is 89.7 Å². The first-order valence-electron chi connectivity index (χ1n) is 9.66. The van der Waals surface area contributed by atoms with Gasteiger partial charge in [0.15, 0.2) is 6.04 Å². The van der Waals surface area contributed by atoms with Crippen LogP contribution in [0, 0.1) is 0 Å². The van der Waals surface area contributed by atoms with E-state index in [1.807, 2.05) is 42.5 Å². The molecule has 0 bridgehead atoms. The Morgan fingerprint density at radius 2 is 1.61 bits per heavy atom. The molecule has 3 aromatic carbocycles. The van der Waals surface area contributed by atoms with Gasteiger partial charge < -0.3 is 10.4 Å². The summed E-state index contributed by atoms with van der Waals surface area (Å²) in [5.41, 5.74) is 1.36. The summed E-state index contributed by atoms with van der Waals surface area (Å²) in [6, 6.07) is 23.7. The number of hydrogen-bond donors (Lipinski definition) is 2. The molecule has 0 aliphatic carbocycles. The molecule has 0 saturated heterocycles. The maximum absolute atomic E-state index is 12.5. The van der Waals surface area contributed by atoms with Crippen LogP contribution in [0.5, 0.6) is 0 Å². The number of fused-ring (bicyclic) bond motifs is 1. The van der Waals surface area contributed by atoms with E-state index in [0.29, 0.717) is 11.3 Å². The van der Waals surface area contributed by atoms with Gasteiger partial charge in [-0.25, -0.2) is 9.48 Å². The number of nitrogens with zero attached hydrogens (tertiary/aromatic N) is 2. The molecule has 0 fully saturated rings. The lowest BCUT2D eigenvalue weighted by molar-refractivity contribution is -0.142. The van der Waals surface area contributed by atoms with E-state index in [-0.39, 0.29) is 0 Å². The Morgan fingerprint density at radius 3 is 2.39 bits per heavy atom. The molecule has 0 aliphatic rings. The fraction of sp³-hybridized carbons (Fsp3) is 0.0833. The molecule has 31 heavy (non-hydrogen) atoms. The van der Waals surface area contributed by atoms with E-state index in [9.17, 15) is 19.5 Å². The zero-order valence-corrected chi connectivity index (χ0v) is 16.4. The third kappa shape index (κ3) is 4.35. The molecule has 1 heterocycles. The van der Waals surface area contributed by atoms with Gasteiger partial charge in [-0.1, -0.05) is 72.8 Å². The summed E-state index contributed by atoms with van der Waals surface area (Å²) in [5, 5.41) is 18.3. The highest BCUT2D eigenvalue weighted by Crippen LogP contribution is 2.26. The van der Waals surface area contributed by atoms with Crippen molar-refractivity contribution in [3.63, 3.8) is 0 Å². The van der Waals surface area contributed by atoms with Gasteiger partial charge in [-0.15, -0.1) is 0 Å². The van der Waals surface area contributed by atoms with E-state index < -0.39 is 30.0 Å². The first kappa shape index (κ1) is 20.0. The van der Waals surface area contributed by atoms with Crippen LogP contribution in [0.3, 0.4) is 0 Å². The molecule has 7 heteroatoms. The lowest BCUT2D eigenvalue weighted by Crippen LogP contribution is -2.38. The monoisotopic (exact) mass is 413 g/mol. The number of aliphatic carboxylic acids is 1. The van der Waals surface area contributed by atoms with Gasteiger partial charge in [-0.2, -0.15) is 5.10 Å². The molecule has 2 N–H and O–H groups in total. The normalized spacial score (nSPS) is 11.7. The summed E-state index contributed by atoms with van der Waals surface area (Å²) in [7, 11) is 0. The van der Waals surface area contributed by atoms with Crippen molar-refractivity contribution in [1.82, 2.24) is 15.1 Å². The van der Waals surface area contributed by atoms with Crippen molar-refractivity contribution in [3.8, 4) is 11.3 Å². The van der Waals surface area contributed by atoms with E-state index >= 15 is 0 Å². The molecular weight excluding hydrogens is 394 g/mol. The predicted molar refractivity (Wildman–Crippen MR) is 116 cm³/mol. The van der Waals surface area contributed by atoms with Crippen LogP contribution in [-0.2, 0) is 16.1 Å². The molecule has 0 unspecified atom stereocenters. The highest BCUT2D eigenvalue weighted by atomic mass is 16.4. The number of amides is 1. The summed E-state index contributed by atoms with van der Waals surface area (Å²) in [6.07, 6.45) is 0. The minimum Gasteiger partial charge on any atom is -0.479 e. The molecule has 1 aromatic heterocycles. The summed E-state index contributed by atoms with van der Waals surface area (Å²) >= 11 is 0. The quantitative estimate of drug-likeness (QED) is 0.506. The van der Waals surface area contributed by atoms with Crippen LogP contribution in [0.1, 0.15) is 11.6 Å². The van der Waals surface area contributed by atoms with E-state index in [2.05, 4.69) is 10.4 Å². The summed E-state index contributed by atoms with van der Waals surface area (Å²) < 4.78 is 1.04. The molecular formula is C24H19N3O4. The SMILES string of the molecule is O=C(Cn1nc(-c2cccc3ccccc23)ccc1=O)N[C@@H](C(=O)O)c1ccccc1. The first-order valence-corrected chi connectivity index (χ1v) is 9.66. The Labute approximate surface area is 177 Å². The highest BCUT2D eigenvalue weighted by molar-refractivity contribution is 5.95. The number of benzene rings is 3. The molecule has 7 nitrogen and oxygen atoms in total. The van der Waals surface area contributed by atoms with Gasteiger partial charge in [0, 0.05) is 11.6 Å². The second kappa shape index (κ2) is 8.62. The third-order valence-corrected chi connectivity index (χ3v) is 4.91. The fourth-order valence-corrected chi connectivity index (χ4v) is 3.43. The number of nitrogens with one attached hydrogen (secondary N) is 1. The van der Waals surface area contributed by atoms with Crippen LogP contribution in [0.2, 0.25) is 0 Å². The highest BCUT2D eigenvalue weighted by Gasteiger charge is 2.22. The fourth-order valence-electron chi connectivity index (χ4n) is 3.43. The minimum atomic E-state index is -1.22. The molecule has 4 aromatic rings. The maximum Gasteiger partial charge on any atom is 0.330 e. The molecule has 0 aliphatic heterocycles. The number of carboxylic acid groups (broad SMARTS) is 1. The van der Waals surface area contributed by atoms with Crippen LogP contribution in [0.25, 0.3) is 22.0 Å². The molecule has 0 radical (unpaired) electrons. The van der Waals surface area contributed by atoms with Crippen molar-refractivity contribution in [2.75, 3.05) is 0 Å². The molecule has 1 atom stereocenters. The van der Waals surface area contributed by atoms with Gasteiger partial charge in [-0.3, -0.25) is 9.59 Å². The molecule has 4 rings (SSSR count). The second-order valence-electron chi connectivity index (χ2n) is 6.99. The van der Waals surface area contributed by atoms with E-state index in [4.69, 9.17) is 0 Å². The van der Waals surface area contributed by atoms with Crippen molar-refractivity contribution in [1.29, 1.82) is 0 Å². The number of carbonyl (C=O) groups is 2. The predicted octanol–water partition coefficient (Wildman–Crippen LogP) is 3.01. The molecule has 0 spiro atoms. The lowest BCUT2D eigenvalue weighted by Gasteiger charge is -2.15. The summed E-state index contributed by atoms with van der Waals surface area (Å²) in [6.45, 7) is -0.395. The van der Waals surface area contributed by atoms with Crippen LogP contribution < -0.4 is 10.9 Å². The van der Waals surface area contributed by atoms with Crippen molar-refractivity contribution in [3.05, 3.63) is 101 Å². The Balaban J connectivity index is 1.61. The number of rotatable bonds is 6.